The zero-order valence-corrected chi connectivity index (χ0v) is 12.2. The van der Waals surface area contributed by atoms with Crippen molar-refractivity contribution < 1.29 is 4.74 Å². The first-order chi connectivity index (χ1) is 8.06. The minimum atomic E-state index is 0.637. The Bertz CT molecular complexity index is 168. The standard InChI is InChI=1S/C15H31NO/c1-6-7-9-17-10-8-16-15(11-13(2)3)12-14(4)5/h6,13-16H,1,7-12H2,2-5H3. The first-order valence-electron chi connectivity index (χ1n) is 6.98. The number of ether oxygens (including phenoxy) is 1. The van der Waals surface area contributed by atoms with Crippen LogP contribution in [0.4, 0.5) is 0 Å². The Hall–Kier alpha value is -0.340. The van der Waals surface area contributed by atoms with E-state index in [-0.39, 0.29) is 0 Å². The van der Waals surface area contributed by atoms with Crippen LogP contribution in [-0.2, 0) is 4.74 Å². The Labute approximate surface area is 108 Å². The highest BCUT2D eigenvalue weighted by atomic mass is 16.5. The van der Waals surface area contributed by atoms with Crippen molar-refractivity contribution in [3.8, 4) is 0 Å². The fourth-order valence-corrected chi connectivity index (χ4v) is 2.00. The topological polar surface area (TPSA) is 21.3 Å². The summed E-state index contributed by atoms with van der Waals surface area (Å²) in [4.78, 5) is 0. The van der Waals surface area contributed by atoms with Gasteiger partial charge in [0.15, 0.2) is 0 Å². The van der Waals surface area contributed by atoms with Gasteiger partial charge < -0.3 is 10.1 Å². The van der Waals surface area contributed by atoms with Gasteiger partial charge in [0, 0.05) is 12.6 Å². The fraction of sp³-hybridized carbons (Fsp3) is 0.867. The maximum absolute atomic E-state index is 5.50. The van der Waals surface area contributed by atoms with E-state index in [1.807, 2.05) is 6.08 Å². The fourth-order valence-electron chi connectivity index (χ4n) is 2.00. The highest BCUT2D eigenvalue weighted by Crippen LogP contribution is 2.12. The van der Waals surface area contributed by atoms with E-state index in [0.29, 0.717) is 6.04 Å². The highest BCUT2D eigenvalue weighted by molar-refractivity contribution is 4.70. The molecule has 0 rings (SSSR count). The second-order valence-corrected chi connectivity index (χ2v) is 5.60. The predicted molar refractivity (Wildman–Crippen MR) is 76.3 cm³/mol. The van der Waals surface area contributed by atoms with Crippen LogP contribution in [0.3, 0.4) is 0 Å². The van der Waals surface area contributed by atoms with Crippen LogP contribution in [0.25, 0.3) is 0 Å². The van der Waals surface area contributed by atoms with Gasteiger partial charge in [0.1, 0.15) is 0 Å². The van der Waals surface area contributed by atoms with Crippen molar-refractivity contribution in [1.82, 2.24) is 5.32 Å². The van der Waals surface area contributed by atoms with E-state index < -0.39 is 0 Å². The third-order valence-electron chi connectivity index (χ3n) is 2.66. The van der Waals surface area contributed by atoms with Crippen LogP contribution < -0.4 is 5.32 Å². The van der Waals surface area contributed by atoms with Crippen LogP contribution >= 0.6 is 0 Å². The molecule has 102 valence electrons. The third kappa shape index (κ3) is 11.9. The molecule has 0 saturated carbocycles. The molecule has 0 radical (unpaired) electrons. The largest absolute Gasteiger partial charge is 0.380 e. The maximum Gasteiger partial charge on any atom is 0.0591 e. The van der Waals surface area contributed by atoms with E-state index in [1.165, 1.54) is 12.8 Å². The Balaban J connectivity index is 3.64. The molecule has 17 heavy (non-hydrogen) atoms. The normalized spacial score (nSPS) is 11.7. The van der Waals surface area contributed by atoms with E-state index in [9.17, 15) is 0 Å². The van der Waals surface area contributed by atoms with Gasteiger partial charge in [0.2, 0.25) is 0 Å². The average molecular weight is 241 g/mol. The molecule has 0 unspecified atom stereocenters. The molecule has 0 aromatic heterocycles. The average Bonchev–Trinajstić information content (AvgIpc) is 2.21. The SMILES string of the molecule is C=CCCOCCNC(CC(C)C)CC(C)C. The number of nitrogens with one attached hydrogen (secondary N) is 1. The molecule has 2 nitrogen and oxygen atoms in total. The number of hydrogen-bond acceptors (Lipinski definition) is 2. The zero-order chi connectivity index (χ0) is 13.1. The van der Waals surface area contributed by atoms with Gasteiger partial charge in [-0.3, -0.25) is 0 Å². The van der Waals surface area contributed by atoms with Crippen molar-refractivity contribution >= 4 is 0 Å². The van der Waals surface area contributed by atoms with Crippen LogP contribution in [0.15, 0.2) is 12.7 Å². The van der Waals surface area contributed by atoms with Crippen molar-refractivity contribution in [1.29, 1.82) is 0 Å². The van der Waals surface area contributed by atoms with Gasteiger partial charge in [0.25, 0.3) is 0 Å². The van der Waals surface area contributed by atoms with Crippen LogP contribution in [0, 0.1) is 11.8 Å². The maximum atomic E-state index is 5.50. The van der Waals surface area contributed by atoms with E-state index in [0.717, 1.165) is 38.0 Å². The van der Waals surface area contributed by atoms with Gasteiger partial charge in [-0.25, -0.2) is 0 Å². The Morgan fingerprint density at radius 1 is 1.06 bits per heavy atom. The second kappa shape index (κ2) is 10.8. The molecule has 0 bridgehead atoms. The van der Waals surface area contributed by atoms with Gasteiger partial charge >= 0.3 is 0 Å². The lowest BCUT2D eigenvalue weighted by Crippen LogP contribution is -2.34. The molecule has 0 saturated heterocycles. The van der Waals surface area contributed by atoms with Gasteiger partial charge in [-0.15, -0.1) is 6.58 Å². The molecule has 0 fully saturated rings. The minimum absolute atomic E-state index is 0.637. The van der Waals surface area contributed by atoms with E-state index >= 15 is 0 Å². The molecule has 1 N–H and O–H groups in total. The summed E-state index contributed by atoms with van der Waals surface area (Å²) in [6.45, 7) is 15.4. The first-order valence-corrected chi connectivity index (χ1v) is 6.98. The third-order valence-corrected chi connectivity index (χ3v) is 2.66. The molecule has 0 heterocycles. The van der Waals surface area contributed by atoms with Crippen LogP contribution in [0.1, 0.15) is 47.0 Å². The molecule has 0 amide bonds. The lowest BCUT2D eigenvalue weighted by Gasteiger charge is -2.22. The van der Waals surface area contributed by atoms with E-state index in [4.69, 9.17) is 4.74 Å². The second-order valence-electron chi connectivity index (χ2n) is 5.60. The monoisotopic (exact) mass is 241 g/mol. The molecule has 0 aromatic carbocycles. The van der Waals surface area contributed by atoms with E-state index in [1.54, 1.807) is 0 Å². The molecule has 0 spiro atoms. The molecule has 2 heteroatoms. The zero-order valence-electron chi connectivity index (χ0n) is 12.2. The highest BCUT2D eigenvalue weighted by Gasteiger charge is 2.11. The molecule has 0 aliphatic heterocycles. The lowest BCUT2D eigenvalue weighted by atomic mass is 9.96. The summed E-state index contributed by atoms with van der Waals surface area (Å²) in [5, 5.41) is 3.61. The summed E-state index contributed by atoms with van der Waals surface area (Å²) < 4.78 is 5.50. The summed E-state index contributed by atoms with van der Waals surface area (Å²) in [7, 11) is 0. The molecule has 0 aliphatic rings. The van der Waals surface area contributed by atoms with E-state index in [2.05, 4.69) is 39.6 Å². The smallest absolute Gasteiger partial charge is 0.0591 e. The van der Waals surface area contributed by atoms with Gasteiger partial charge in [0.05, 0.1) is 13.2 Å². The summed E-state index contributed by atoms with van der Waals surface area (Å²) in [6, 6.07) is 0.637. The van der Waals surface area contributed by atoms with Gasteiger partial charge in [-0.1, -0.05) is 33.8 Å². The Kier molecular flexibility index (Phi) is 10.6. The van der Waals surface area contributed by atoms with Gasteiger partial charge in [-0.2, -0.15) is 0 Å². The van der Waals surface area contributed by atoms with Crippen molar-refractivity contribution in [2.24, 2.45) is 11.8 Å². The Morgan fingerprint density at radius 2 is 1.65 bits per heavy atom. The van der Waals surface area contributed by atoms with Crippen molar-refractivity contribution in [2.75, 3.05) is 19.8 Å². The summed E-state index contributed by atoms with van der Waals surface area (Å²) in [5.74, 6) is 1.51. The summed E-state index contributed by atoms with van der Waals surface area (Å²) in [6.07, 6.45) is 5.35. The van der Waals surface area contributed by atoms with Gasteiger partial charge in [-0.05, 0) is 31.1 Å². The molecular formula is C15H31NO. The molecule has 0 aliphatic carbocycles. The van der Waals surface area contributed by atoms with Crippen molar-refractivity contribution in [3.63, 3.8) is 0 Å². The molecular weight excluding hydrogens is 210 g/mol. The van der Waals surface area contributed by atoms with Crippen LogP contribution in [0.5, 0.6) is 0 Å². The quantitative estimate of drug-likeness (QED) is 0.440. The van der Waals surface area contributed by atoms with Crippen molar-refractivity contribution in [2.45, 2.75) is 53.0 Å². The summed E-state index contributed by atoms with van der Waals surface area (Å²) in [5.41, 5.74) is 0. The van der Waals surface area contributed by atoms with Crippen LogP contribution in [-0.4, -0.2) is 25.8 Å². The predicted octanol–water partition coefficient (Wildman–Crippen LogP) is 3.63. The number of hydrogen-bond donors (Lipinski definition) is 1. The van der Waals surface area contributed by atoms with Crippen LogP contribution in [0.2, 0.25) is 0 Å². The Morgan fingerprint density at radius 3 is 2.12 bits per heavy atom. The molecule has 0 atom stereocenters. The first kappa shape index (κ1) is 16.7. The minimum Gasteiger partial charge on any atom is -0.380 e. The number of rotatable bonds is 11. The van der Waals surface area contributed by atoms with Crippen molar-refractivity contribution in [3.05, 3.63) is 12.7 Å². The summed E-state index contributed by atoms with van der Waals surface area (Å²) >= 11 is 0. The lowest BCUT2D eigenvalue weighted by molar-refractivity contribution is 0.136. The molecule has 0 aromatic rings.